The Morgan fingerprint density at radius 3 is 2.33 bits per heavy atom. The first-order valence-electron chi connectivity index (χ1n) is 5.81. The molecule has 0 amide bonds. The van der Waals surface area contributed by atoms with Crippen molar-refractivity contribution in [3.63, 3.8) is 0 Å². The Morgan fingerprint density at radius 2 is 1.83 bits per heavy atom. The molecule has 1 aromatic rings. The van der Waals surface area contributed by atoms with Crippen LogP contribution in [0, 0.1) is 11.5 Å². The molecule has 1 heterocycles. The van der Waals surface area contributed by atoms with Gasteiger partial charge in [-0.2, -0.15) is 20.2 Å². The topological polar surface area (TPSA) is 81.0 Å². The average Bonchev–Trinajstić information content (AvgIpc) is 2.37. The van der Waals surface area contributed by atoms with Crippen LogP contribution in [-0.2, 0) is 0 Å². The smallest absolute Gasteiger partial charge is 0.245 e. The molecule has 0 unspecified atom stereocenters. The highest BCUT2D eigenvalue weighted by atomic mass is 15.3. The second-order valence-electron chi connectivity index (χ2n) is 4.27. The molecular formula is C11H19N7. The Morgan fingerprint density at radius 1 is 1.22 bits per heavy atom. The first kappa shape index (κ1) is 14.0. The molecule has 0 aliphatic heterocycles. The lowest BCUT2D eigenvalue weighted by atomic mass is 10.3. The van der Waals surface area contributed by atoms with Crippen molar-refractivity contribution >= 4 is 17.8 Å². The lowest BCUT2D eigenvalue weighted by Gasteiger charge is -2.17. The Bertz CT molecular complexity index is 438. The minimum Gasteiger partial charge on any atom is -0.352 e. The van der Waals surface area contributed by atoms with E-state index in [1.54, 1.807) is 11.9 Å². The van der Waals surface area contributed by atoms with Gasteiger partial charge in [0.2, 0.25) is 17.8 Å². The molecular weight excluding hydrogens is 230 g/mol. The van der Waals surface area contributed by atoms with Gasteiger partial charge < -0.3 is 10.2 Å². The van der Waals surface area contributed by atoms with Crippen molar-refractivity contribution in [3.8, 4) is 6.19 Å². The van der Waals surface area contributed by atoms with Gasteiger partial charge in [0.15, 0.2) is 6.19 Å². The average molecular weight is 249 g/mol. The molecule has 0 bridgehead atoms. The van der Waals surface area contributed by atoms with Crippen LogP contribution in [0.25, 0.3) is 0 Å². The van der Waals surface area contributed by atoms with Gasteiger partial charge in [-0.25, -0.2) is 0 Å². The summed E-state index contributed by atoms with van der Waals surface area (Å²) in [7, 11) is 5.30. The highest BCUT2D eigenvalue weighted by Crippen LogP contribution is 2.14. The summed E-state index contributed by atoms with van der Waals surface area (Å²) in [5, 5.41) is 12.1. The molecule has 98 valence electrons. The SMILES string of the molecule is CC[C@@H](C)Nc1nc(N(C)C)nc(N(C)C#N)n1. The van der Waals surface area contributed by atoms with Crippen LogP contribution >= 0.6 is 0 Å². The van der Waals surface area contributed by atoms with Crippen LogP contribution in [0.2, 0.25) is 0 Å². The Labute approximate surface area is 107 Å². The first-order chi connectivity index (χ1) is 8.47. The third kappa shape index (κ3) is 3.45. The van der Waals surface area contributed by atoms with Gasteiger partial charge in [-0.1, -0.05) is 6.92 Å². The lowest BCUT2D eigenvalue weighted by Crippen LogP contribution is -2.22. The number of nitrogens with one attached hydrogen (secondary N) is 1. The number of nitrogens with zero attached hydrogens (tertiary/aromatic N) is 6. The molecule has 0 spiro atoms. The molecule has 0 saturated carbocycles. The van der Waals surface area contributed by atoms with E-state index < -0.39 is 0 Å². The van der Waals surface area contributed by atoms with Gasteiger partial charge in [0, 0.05) is 27.2 Å². The summed E-state index contributed by atoms with van der Waals surface area (Å²) in [6.45, 7) is 4.13. The van der Waals surface area contributed by atoms with Crippen LogP contribution in [0.4, 0.5) is 17.8 Å². The van der Waals surface area contributed by atoms with Gasteiger partial charge in [0.1, 0.15) is 0 Å². The lowest BCUT2D eigenvalue weighted by molar-refractivity contribution is 0.749. The van der Waals surface area contributed by atoms with E-state index in [0.717, 1.165) is 6.42 Å². The summed E-state index contributed by atoms with van der Waals surface area (Å²) in [5.41, 5.74) is 0. The minimum atomic E-state index is 0.266. The molecule has 1 aromatic heterocycles. The third-order valence-electron chi connectivity index (χ3n) is 2.45. The molecule has 0 aromatic carbocycles. The molecule has 1 atom stereocenters. The maximum atomic E-state index is 8.88. The Kier molecular flexibility index (Phi) is 4.66. The number of aromatic nitrogens is 3. The summed E-state index contributed by atoms with van der Waals surface area (Å²) in [5.74, 6) is 1.34. The van der Waals surface area contributed by atoms with E-state index in [1.165, 1.54) is 4.90 Å². The number of hydrogen-bond acceptors (Lipinski definition) is 7. The molecule has 0 radical (unpaired) electrons. The maximum absolute atomic E-state index is 8.88. The van der Waals surface area contributed by atoms with E-state index in [0.29, 0.717) is 17.8 Å². The number of hydrogen-bond donors (Lipinski definition) is 1. The van der Waals surface area contributed by atoms with E-state index in [4.69, 9.17) is 5.26 Å². The highest BCUT2D eigenvalue weighted by Gasteiger charge is 2.12. The Balaban J connectivity index is 3.10. The van der Waals surface area contributed by atoms with Gasteiger partial charge in [0.05, 0.1) is 0 Å². The highest BCUT2D eigenvalue weighted by molar-refractivity contribution is 5.46. The predicted octanol–water partition coefficient (Wildman–Crippen LogP) is 1.07. The van der Waals surface area contributed by atoms with Gasteiger partial charge in [0.25, 0.3) is 0 Å². The fourth-order valence-corrected chi connectivity index (χ4v) is 1.14. The summed E-state index contributed by atoms with van der Waals surface area (Å²) in [6, 6.07) is 0.266. The van der Waals surface area contributed by atoms with E-state index in [2.05, 4.69) is 27.2 Å². The van der Waals surface area contributed by atoms with E-state index in [9.17, 15) is 0 Å². The molecule has 0 saturated heterocycles. The molecule has 18 heavy (non-hydrogen) atoms. The zero-order valence-corrected chi connectivity index (χ0v) is 11.5. The maximum Gasteiger partial charge on any atom is 0.245 e. The fraction of sp³-hybridized carbons (Fsp3) is 0.636. The van der Waals surface area contributed by atoms with Crippen LogP contribution in [0.3, 0.4) is 0 Å². The molecule has 7 heteroatoms. The van der Waals surface area contributed by atoms with Crippen molar-refractivity contribution in [1.29, 1.82) is 5.26 Å². The van der Waals surface area contributed by atoms with Crippen molar-refractivity contribution in [2.24, 2.45) is 0 Å². The molecule has 0 aliphatic rings. The van der Waals surface area contributed by atoms with Crippen molar-refractivity contribution < 1.29 is 0 Å². The summed E-state index contributed by atoms with van der Waals surface area (Å²) in [4.78, 5) is 15.8. The second-order valence-corrected chi connectivity index (χ2v) is 4.27. The normalized spacial score (nSPS) is 11.6. The standard InChI is InChI=1S/C11H19N7/c1-6-8(2)13-9-14-10(17(3)4)16-11(15-9)18(5)7-12/h8H,6H2,1-5H3,(H,13,14,15,16)/t8-/m1/s1. The van der Waals surface area contributed by atoms with Crippen molar-refractivity contribution in [1.82, 2.24) is 15.0 Å². The van der Waals surface area contributed by atoms with E-state index in [1.807, 2.05) is 27.2 Å². The summed E-state index contributed by atoms with van der Waals surface area (Å²) >= 11 is 0. The van der Waals surface area contributed by atoms with Crippen LogP contribution in [-0.4, -0.2) is 42.1 Å². The van der Waals surface area contributed by atoms with Crippen LogP contribution < -0.4 is 15.1 Å². The first-order valence-corrected chi connectivity index (χ1v) is 5.81. The predicted molar refractivity (Wildman–Crippen MR) is 71.5 cm³/mol. The van der Waals surface area contributed by atoms with Gasteiger partial charge >= 0.3 is 0 Å². The number of rotatable bonds is 5. The van der Waals surface area contributed by atoms with E-state index >= 15 is 0 Å². The van der Waals surface area contributed by atoms with Crippen LogP contribution in [0.15, 0.2) is 0 Å². The summed E-state index contributed by atoms with van der Waals surface area (Å²) in [6.07, 6.45) is 2.94. The largest absolute Gasteiger partial charge is 0.352 e. The molecule has 1 N–H and O–H groups in total. The van der Waals surface area contributed by atoms with Crippen molar-refractivity contribution in [3.05, 3.63) is 0 Å². The molecule has 0 aliphatic carbocycles. The molecule has 7 nitrogen and oxygen atoms in total. The second kappa shape index (κ2) is 6.00. The molecule has 1 rings (SSSR count). The zero-order chi connectivity index (χ0) is 13.7. The molecule has 0 fully saturated rings. The van der Waals surface area contributed by atoms with Crippen LogP contribution in [0.1, 0.15) is 20.3 Å². The van der Waals surface area contributed by atoms with Crippen molar-refractivity contribution in [2.75, 3.05) is 36.3 Å². The van der Waals surface area contributed by atoms with Gasteiger partial charge in [-0.15, -0.1) is 0 Å². The third-order valence-corrected chi connectivity index (χ3v) is 2.45. The fourth-order valence-electron chi connectivity index (χ4n) is 1.14. The van der Waals surface area contributed by atoms with Gasteiger partial charge in [-0.3, -0.25) is 4.90 Å². The quantitative estimate of drug-likeness (QED) is 0.617. The van der Waals surface area contributed by atoms with E-state index in [-0.39, 0.29) is 6.04 Å². The van der Waals surface area contributed by atoms with Crippen molar-refractivity contribution in [2.45, 2.75) is 26.3 Å². The summed E-state index contributed by atoms with van der Waals surface area (Å²) < 4.78 is 0. The van der Waals surface area contributed by atoms with Gasteiger partial charge in [-0.05, 0) is 13.3 Å². The van der Waals surface area contributed by atoms with Crippen LogP contribution in [0.5, 0.6) is 0 Å². The minimum absolute atomic E-state index is 0.266. The number of anilines is 3. The zero-order valence-electron chi connectivity index (χ0n) is 11.5. The monoisotopic (exact) mass is 249 g/mol. The number of nitriles is 1. The Hall–Kier alpha value is -2.10.